The minimum Gasteiger partial charge on any atom is -1.00 e. The van der Waals surface area contributed by atoms with Gasteiger partial charge in [-0.1, -0.05) is 0 Å². The third-order valence-corrected chi connectivity index (χ3v) is 0. The zero-order chi connectivity index (χ0) is 12.0. The van der Waals surface area contributed by atoms with Crippen molar-refractivity contribution in [2.75, 3.05) is 0 Å². The molecule has 0 radical (unpaired) electrons. The van der Waals surface area contributed by atoms with Crippen LogP contribution in [-0.4, -0.2) is 0 Å². The predicted octanol–water partition coefficient (Wildman–Crippen LogP) is -23.4. The van der Waals surface area contributed by atoms with E-state index in [2.05, 4.69) is 0 Å². The van der Waals surface area contributed by atoms with Gasteiger partial charge in [-0.3, -0.25) is 0 Å². The Morgan fingerprint density at radius 3 is 0.333 bits per heavy atom. The van der Waals surface area contributed by atoms with Gasteiger partial charge < -0.3 is 121 Å². The average molecular weight is 494 g/mol. The second kappa shape index (κ2) is 662. The fourth-order valence-electron chi connectivity index (χ4n) is 0. The smallest absolute Gasteiger partial charge is 1.00 e. The second-order valence-corrected chi connectivity index (χ2v) is 0. The van der Waals surface area contributed by atoms with Crippen molar-refractivity contribution in [3.05, 3.63) is 39.4 Å². The van der Waals surface area contributed by atoms with Gasteiger partial charge in [0.15, 0.2) is 0 Å². The first-order chi connectivity index (χ1) is 6.00. The maximum absolute atomic E-state index is 6.25. The molecule has 0 bridgehead atoms. The Bertz CT molecular complexity index is 124. The first-order valence-electron chi connectivity index (χ1n) is 1.34. The maximum Gasteiger partial charge on any atom is 6.00 e. The summed E-state index contributed by atoms with van der Waals surface area (Å²) in [5.74, 6) is 0. The molecule has 0 aliphatic carbocycles. The Morgan fingerprint density at radius 1 is 0.333 bits per heavy atom. The summed E-state index contributed by atoms with van der Waals surface area (Å²) in [6.07, 6.45) is 0. The van der Waals surface area contributed by atoms with Crippen LogP contribution in [0.3, 0.4) is 0 Å². The molecule has 0 saturated heterocycles. The first-order valence-corrected chi connectivity index (χ1v) is 1.34. The van der Waals surface area contributed by atoms with Gasteiger partial charge in [-0.2, -0.15) is 0 Å². The molecule has 0 aliphatic rings. The molecular formula is C6Cl4FeK3N6Na. The van der Waals surface area contributed by atoms with Crippen LogP contribution in [0.25, 0.3) is 0 Å². The van der Waals surface area contributed by atoms with Gasteiger partial charge in [0.1, 0.15) is 0 Å². The van der Waals surface area contributed by atoms with Crippen molar-refractivity contribution in [3.8, 4) is 0 Å². The summed E-state index contributed by atoms with van der Waals surface area (Å²) < 4.78 is 0. The van der Waals surface area contributed by atoms with Crippen LogP contribution in [0.2, 0.25) is 0 Å². The van der Waals surface area contributed by atoms with Crippen LogP contribution in [0.15, 0.2) is 0 Å². The number of nitrogens with zero attached hydrogens (tertiary/aromatic N) is 6. The fourth-order valence-corrected chi connectivity index (χ4v) is 0. The molecule has 0 amide bonds. The van der Waals surface area contributed by atoms with Crippen molar-refractivity contribution < 1.29 is 250 Å². The van der Waals surface area contributed by atoms with Crippen LogP contribution >= 0.6 is 0 Å². The summed E-state index contributed by atoms with van der Waals surface area (Å²) in [6, 6.07) is 0. The van der Waals surface area contributed by atoms with E-state index in [4.69, 9.17) is 71.0 Å². The SMILES string of the molecule is [C-]#N.[C-]#N.[C-]#N.[C-]#N.[C-]#N.[C-]#N.[Cl-].[Cl-].[Cl-].[Cl-].[Fe+6].[K+].[K+].[K+].[Na+]. The number of rotatable bonds is 0. The fraction of sp³-hybridized carbons (Fsp3) is 0. The summed E-state index contributed by atoms with van der Waals surface area (Å²) >= 11 is 0. The molecule has 0 unspecified atom stereocenters. The van der Waals surface area contributed by atoms with E-state index in [0.29, 0.717) is 0 Å². The van der Waals surface area contributed by atoms with Crippen LogP contribution in [0, 0.1) is 71.0 Å². The monoisotopic (exact) mass is 492 g/mol. The molecular weight excluding hydrogens is 494 g/mol. The minimum absolute atomic E-state index is 0. The molecule has 0 spiro atoms. The van der Waals surface area contributed by atoms with E-state index in [9.17, 15) is 0 Å². The minimum atomic E-state index is 0. The van der Waals surface area contributed by atoms with E-state index in [0.717, 1.165) is 0 Å². The van der Waals surface area contributed by atoms with Gasteiger partial charge >= 0.3 is 201 Å². The number of halogens is 4. The van der Waals surface area contributed by atoms with Gasteiger partial charge in [0.2, 0.25) is 0 Å². The second-order valence-electron chi connectivity index (χ2n) is 0. The molecule has 0 saturated carbocycles. The zero-order valence-corrected chi connectivity index (χ0v) is 27.0. The van der Waals surface area contributed by atoms with E-state index >= 15 is 0 Å². The Morgan fingerprint density at radius 2 is 0.333 bits per heavy atom. The Balaban J connectivity index is -0.00000000146. The summed E-state index contributed by atoms with van der Waals surface area (Å²) in [5.41, 5.74) is 0. The largest absolute Gasteiger partial charge is 6.00 e. The zero-order valence-electron chi connectivity index (χ0n) is 11.5. The van der Waals surface area contributed by atoms with Crippen LogP contribution in [0.1, 0.15) is 0 Å². The molecule has 0 aromatic carbocycles. The Hall–Kier alpha value is 4.53. The van der Waals surface area contributed by atoms with E-state index in [1.807, 2.05) is 0 Å². The summed E-state index contributed by atoms with van der Waals surface area (Å²) in [4.78, 5) is 0. The standard InChI is InChI=1S/6CN.4ClH.Fe.3K.Na/c6*1-2;;;;;;;;;/h;;;;;;4*1H;;;;;/q6*-1;;;;;+6;4*+1/p-4. The molecule has 0 aliphatic heterocycles. The number of hydrogen-bond donors (Lipinski definition) is 0. The normalized spacial score (nSPS) is 0.571. The quantitative estimate of drug-likeness (QED) is 0.242. The third-order valence-electron chi connectivity index (χ3n) is 0. The third kappa shape index (κ3) is 607. The van der Waals surface area contributed by atoms with E-state index in [1.54, 1.807) is 0 Å². The molecule has 0 atom stereocenters. The van der Waals surface area contributed by atoms with Gasteiger partial charge in [0.05, 0.1) is 0 Å². The van der Waals surface area contributed by atoms with Crippen LogP contribution < -0.4 is 233 Å². The molecule has 0 aromatic rings. The predicted molar refractivity (Wildman–Crippen MR) is 29.8 cm³/mol. The molecule has 0 fully saturated rings. The van der Waals surface area contributed by atoms with Gasteiger partial charge in [-0.15, -0.1) is 0 Å². The van der Waals surface area contributed by atoms with Crippen molar-refractivity contribution in [2.45, 2.75) is 0 Å². The molecule has 15 heteroatoms. The molecule has 0 aromatic heterocycles. The van der Waals surface area contributed by atoms with Crippen molar-refractivity contribution >= 4 is 0 Å². The van der Waals surface area contributed by atoms with Gasteiger partial charge in [-0.05, 0) is 0 Å². The number of hydrogen-bond acceptors (Lipinski definition) is 6. The van der Waals surface area contributed by atoms with Gasteiger partial charge in [0.25, 0.3) is 0 Å². The summed E-state index contributed by atoms with van der Waals surface area (Å²) in [6.45, 7) is 28.5. The molecule has 0 heterocycles. The Labute approximate surface area is 312 Å². The van der Waals surface area contributed by atoms with Crippen LogP contribution in [0.5, 0.6) is 0 Å². The first kappa shape index (κ1) is 139. The maximum atomic E-state index is 6.25. The molecule has 21 heavy (non-hydrogen) atoms. The van der Waals surface area contributed by atoms with Gasteiger partial charge in [0, 0.05) is 0 Å². The van der Waals surface area contributed by atoms with E-state index < -0.39 is 0 Å². The van der Waals surface area contributed by atoms with Crippen molar-refractivity contribution in [1.82, 2.24) is 0 Å². The molecule has 0 N–H and O–H groups in total. The van der Waals surface area contributed by atoms with Crippen LogP contribution in [0.4, 0.5) is 0 Å². The topological polar surface area (TPSA) is 143 Å². The molecule has 6 nitrogen and oxygen atoms in total. The molecule has 94 valence electrons. The Kier molecular flexibility index (Phi) is 4370. The average Bonchev–Trinajstić information content (AvgIpc) is 2.33. The van der Waals surface area contributed by atoms with Crippen LogP contribution in [-0.2, 0) is 17.1 Å². The van der Waals surface area contributed by atoms with Crippen molar-refractivity contribution in [3.63, 3.8) is 0 Å². The molecule has 0 rings (SSSR count). The summed E-state index contributed by atoms with van der Waals surface area (Å²) in [7, 11) is 0. The van der Waals surface area contributed by atoms with Gasteiger partial charge in [-0.25, -0.2) is 0 Å². The van der Waals surface area contributed by atoms with Crippen molar-refractivity contribution in [1.29, 1.82) is 31.6 Å². The summed E-state index contributed by atoms with van der Waals surface area (Å²) in [5, 5.41) is 37.5. The van der Waals surface area contributed by atoms with E-state index in [1.165, 1.54) is 0 Å². The van der Waals surface area contributed by atoms with Crippen molar-refractivity contribution in [2.24, 2.45) is 0 Å². The van der Waals surface area contributed by atoms with E-state index in [-0.39, 0.29) is 250 Å².